The molecule has 0 spiro atoms. The maximum Gasteiger partial charge on any atom is 0.402 e. The van der Waals surface area contributed by atoms with Crippen LogP contribution < -0.4 is 10.2 Å². The molecule has 35 heavy (non-hydrogen) atoms. The van der Waals surface area contributed by atoms with Gasteiger partial charge in [-0.2, -0.15) is 26.3 Å². The molecule has 0 saturated carbocycles. The van der Waals surface area contributed by atoms with Crippen LogP contribution in [0.25, 0.3) is 0 Å². The van der Waals surface area contributed by atoms with Gasteiger partial charge in [-0.3, -0.25) is 9.69 Å². The van der Waals surface area contributed by atoms with Gasteiger partial charge in [-0.25, -0.2) is 0 Å². The number of halogens is 7. The summed E-state index contributed by atoms with van der Waals surface area (Å²) < 4.78 is 85.9. The molecular formula is C22H26ClF6N3O3. The van der Waals surface area contributed by atoms with Gasteiger partial charge in [-0.1, -0.05) is 17.7 Å². The maximum atomic E-state index is 13.4. The number of carboxylic acid groups (broad SMARTS) is 1. The molecule has 3 aliphatic rings. The van der Waals surface area contributed by atoms with E-state index >= 15 is 0 Å². The first kappa shape index (κ1) is 26.3. The number of aliphatic carboxylic acids is 1. The van der Waals surface area contributed by atoms with Crippen LogP contribution in [0.4, 0.5) is 32.0 Å². The number of fused-ring (bicyclic) bond motifs is 1. The van der Waals surface area contributed by atoms with Crippen LogP contribution >= 0.6 is 11.6 Å². The Kier molecular flexibility index (Phi) is 7.22. The van der Waals surface area contributed by atoms with Gasteiger partial charge in [0.25, 0.3) is 0 Å². The Bertz CT molecular complexity index is 932. The molecule has 2 N–H and O–H groups in total. The minimum atomic E-state index is -5.56. The number of anilines is 1. The summed E-state index contributed by atoms with van der Waals surface area (Å²) in [6.45, 7) is 4.00. The zero-order chi connectivity index (χ0) is 25.7. The van der Waals surface area contributed by atoms with Crippen LogP contribution in [0.2, 0.25) is 5.02 Å². The monoisotopic (exact) mass is 529 g/mol. The van der Waals surface area contributed by atoms with Crippen LogP contribution in [0.1, 0.15) is 12.5 Å². The van der Waals surface area contributed by atoms with E-state index in [2.05, 4.69) is 10.2 Å². The van der Waals surface area contributed by atoms with Gasteiger partial charge in [-0.15, -0.1) is 0 Å². The van der Waals surface area contributed by atoms with Crippen LogP contribution in [0.5, 0.6) is 0 Å². The molecule has 0 amide bonds. The SMILES string of the molecule is CC1COCCN1c1ccc(CN2CC3C(C(=O)O)NC(C(C(F)(F)F)C(F)(F)F)C3C2)c(Cl)c1. The zero-order valence-electron chi connectivity index (χ0n) is 18.7. The second-order valence-corrected chi connectivity index (χ2v) is 9.89. The van der Waals surface area contributed by atoms with Crippen molar-refractivity contribution in [2.75, 3.05) is 37.7 Å². The van der Waals surface area contributed by atoms with Gasteiger partial charge in [0.2, 0.25) is 0 Å². The summed E-state index contributed by atoms with van der Waals surface area (Å²) in [4.78, 5) is 15.5. The molecular weight excluding hydrogens is 504 g/mol. The lowest BCUT2D eigenvalue weighted by atomic mass is 9.84. The van der Waals surface area contributed by atoms with Crippen molar-refractivity contribution in [3.8, 4) is 0 Å². The zero-order valence-corrected chi connectivity index (χ0v) is 19.5. The van der Waals surface area contributed by atoms with E-state index in [1.165, 1.54) is 0 Å². The highest BCUT2D eigenvalue weighted by Gasteiger charge is 2.66. The first-order chi connectivity index (χ1) is 16.3. The number of hydrogen-bond donors (Lipinski definition) is 2. The summed E-state index contributed by atoms with van der Waals surface area (Å²) in [5.74, 6) is -7.13. The Morgan fingerprint density at radius 3 is 2.43 bits per heavy atom. The van der Waals surface area contributed by atoms with E-state index in [1.807, 2.05) is 13.0 Å². The number of carboxylic acids is 1. The van der Waals surface area contributed by atoms with Gasteiger partial charge >= 0.3 is 18.3 Å². The second kappa shape index (κ2) is 9.60. The minimum absolute atomic E-state index is 0.0478. The molecule has 1 aromatic carbocycles. The lowest BCUT2D eigenvalue weighted by molar-refractivity contribution is -0.293. The number of likely N-dealkylation sites (tertiary alicyclic amines) is 1. The third-order valence-corrected chi connectivity index (χ3v) is 7.56. The quantitative estimate of drug-likeness (QED) is 0.566. The molecule has 0 aromatic heterocycles. The fourth-order valence-electron chi connectivity index (χ4n) is 5.64. The van der Waals surface area contributed by atoms with Crippen LogP contribution in [-0.2, 0) is 16.1 Å². The first-order valence-corrected chi connectivity index (χ1v) is 11.6. The van der Waals surface area contributed by atoms with E-state index in [0.717, 1.165) is 5.69 Å². The van der Waals surface area contributed by atoms with Gasteiger partial charge in [0.05, 0.1) is 13.2 Å². The van der Waals surface area contributed by atoms with Crippen LogP contribution in [0.15, 0.2) is 18.2 Å². The average Bonchev–Trinajstić information content (AvgIpc) is 3.27. The molecule has 3 saturated heterocycles. The molecule has 0 aliphatic carbocycles. The fraction of sp³-hybridized carbons (Fsp3) is 0.682. The lowest BCUT2D eigenvalue weighted by Crippen LogP contribution is -2.53. The Morgan fingerprint density at radius 1 is 1.20 bits per heavy atom. The molecule has 5 atom stereocenters. The second-order valence-electron chi connectivity index (χ2n) is 9.48. The number of benzene rings is 1. The summed E-state index contributed by atoms with van der Waals surface area (Å²) in [6, 6.07) is 2.01. The van der Waals surface area contributed by atoms with Crippen molar-refractivity contribution < 1.29 is 41.0 Å². The third-order valence-electron chi connectivity index (χ3n) is 7.21. The van der Waals surface area contributed by atoms with Crippen molar-refractivity contribution in [3.05, 3.63) is 28.8 Å². The molecule has 6 nitrogen and oxygen atoms in total. The molecule has 3 aliphatic heterocycles. The van der Waals surface area contributed by atoms with Crippen molar-refractivity contribution in [1.82, 2.24) is 10.2 Å². The molecule has 3 fully saturated rings. The van der Waals surface area contributed by atoms with Gasteiger partial charge in [0, 0.05) is 54.9 Å². The standard InChI is InChI=1S/C22H26ClF6N3O3/c1-11-10-35-5-4-32(11)13-3-2-12(16(23)6-13)7-31-8-14-15(9-31)18(20(33)34)30-17(14)19(21(24,25)26)22(27,28)29/h2-3,6,11,14-15,17-19,30H,4-5,7-10H2,1H3,(H,33,34). The predicted molar refractivity (Wildman–Crippen MR) is 115 cm³/mol. The topological polar surface area (TPSA) is 65.0 Å². The molecule has 3 heterocycles. The van der Waals surface area contributed by atoms with E-state index in [0.29, 0.717) is 30.3 Å². The van der Waals surface area contributed by atoms with Gasteiger partial charge < -0.3 is 20.1 Å². The van der Waals surface area contributed by atoms with Crippen molar-refractivity contribution in [1.29, 1.82) is 0 Å². The summed E-state index contributed by atoms with van der Waals surface area (Å²) in [5, 5.41) is 12.0. The number of nitrogens with zero attached hydrogens (tertiary/aromatic N) is 2. The number of rotatable bonds is 5. The largest absolute Gasteiger partial charge is 0.480 e. The first-order valence-electron chi connectivity index (χ1n) is 11.2. The fourth-order valence-corrected chi connectivity index (χ4v) is 5.88. The van der Waals surface area contributed by atoms with Crippen molar-refractivity contribution in [2.45, 2.75) is 43.9 Å². The maximum absolute atomic E-state index is 13.4. The number of ether oxygens (including phenoxy) is 1. The Morgan fingerprint density at radius 2 is 1.86 bits per heavy atom. The highest BCUT2D eigenvalue weighted by molar-refractivity contribution is 6.31. The Balaban J connectivity index is 1.52. The number of nitrogens with one attached hydrogen (secondary N) is 1. The van der Waals surface area contributed by atoms with Crippen LogP contribution in [-0.4, -0.2) is 79.3 Å². The number of carbonyl (C=O) groups is 1. The number of hydrogen-bond acceptors (Lipinski definition) is 5. The van der Waals surface area contributed by atoms with Crippen molar-refractivity contribution >= 4 is 23.3 Å². The number of morpholine rings is 1. The highest BCUT2D eigenvalue weighted by Crippen LogP contribution is 2.48. The van der Waals surface area contributed by atoms with E-state index in [4.69, 9.17) is 16.3 Å². The van der Waals surface area contributed by atoms with Gasteiger partial charge in [-0.05, 0) is 30.5 Å². The summed E-state index contributed by atoms with van der Waals surface area (Å²) in [5.41, 5.74) is 1.55. The predicted octanol–water partition coefficient (Wildman–Crippen LogP) is 3.78. The third kappa shape index (κ3) is 5.35. The molecule has 196 valence electrons. The molecule has 5 unspecified atom stereocenters. The van der Waals surface area contributed by atoms with Crippen LogP contribution in [0, 0.1) is 17.8 Å². The smallest absolute Gasteiger partial charge is 0.402 e. The minimum Gasteiger partial charge on any atom is -0.480 e. The van der Waals surface area contributed by atoms with E-state index in [-0.39, 0.29) is 25.7 Å². The van der Waals surface area contributed by atoms with E-state index < -0.39 is 48.2 Å². The molecule has 1 aromatic rings. The Hall–Kier alpha value is -1.76. The number of alkyl halides is 6. The Labute approximate surface area is 203 Å². The molecule has 0 radical (unpaired) electrons. The molecule has 4 rings (SSSR count). The van der Waals surface area contributed by atoms with Gasteiger partial charge in [0.1, 0.15) is 6.04 Å². The van der Waals surface area contributed by atoms with Crippen LogP contribution in [0.3, 0.4) is 0 Å². The average molecular weight is 530 g/mol. The van der Waals surface area contributed by atoms with E-state index in [1.54, 1.807) is 17.0 Å². The van der Waals surface area contributed by atoms with E-state index in [9.17, 15) is 36.2 Å². The summed E-state index contributed by atoms with van der Waals surface area (Å²) in [6.07, 6.45) is -11.1. The molecule has 13 heteroatoms. The summed E-state index contributed by atoms with van der Waals surface area (Å²) in [7, 11) is 0. The highest BCUT2D eigenvalue weighted by atomic mass is 35.5. The van der Waals surface area contributed by atoms with Crippen molar-refractivity contribution in [2.24, 2.45) is 17.8 Å². The summed E-state index contributed by atoms with van der Waals surface area (Å²) >= 11 is 6.48. The normalized spacial score (nSPS) is 30.2. The van der Waals surface area contributed by atoms with Gasteiger partial charge in [0.15, 0.2) is 5.92 Å². The molecule has 0 bridgehead atoms. The van der Waals surface area contributed by atoms with Crippen molar-refractivity contribution in [3.63, 3.8) is 0 Å². The lowest BCUT2D eigenvalue weighted by Gasteiger charge is -2.35.